The van der Waals surface area contributed by atoms with E-state index in [-0.39, 0.29) is 6.03 Å². The molecule has 1 atom stereocenters. The lowest BCUT2D eigenvalue weighted by atomic mass is 10.1. The highest BCUT2D eigenvalue weighted by Gasteiger charge is 2.36. The van der Waals surface area contributed by atoms with Gasteiger partial charge in [-0.05, 0) is 63.3 Å². The number of hydrogen-bond donors (Lipinski definition) is 2. The molecule has 4 nitrogen and oxygen atoms in total. The third kappa shape index (κ3) is 3.76. The SMILES string of the molecule is CNC(C)c1ccc(NC(=O)N(CC2CC2)C2CC2)cc1. The van der Waals surface area contributed by atoms with Gasteiger partial charge in [0.25, 0.3) is 0 Å². The summed E-state index contributed by atoms with van der Waals surface area (Å²) in [5.41, 5.74) is 2.11. The Morgan fingerprint density at radius 3 is 2.43 bits per heavy atom. The molecule has 2 amide bonds. The minimum Gasteiger partial charge on any atom is -0.321 e. The van der Waals surface area contributed by atoms with Gasteiger partial charge in [0, 0.05) is 24.3 Å². The smallest absolute Gasteiger partial charge is 0.321 e. The van der Waals surface area contributed by atoms with Gasteiger partial charge >= 0.3 is 6.03 Å². The van der Waals surface area contributed by atoms with Crippen molar-refractivity contribution < 1.29 is 4.79 Å². The van der Waals surface area contributed by atoms with Crippen LogP contribution < -0.4 is 10.6 Å². The quantitative estimate of drug-likeness (QED) is 0.842. The molecule has 114 valence electrons. The Morgan fingerprint density at radius 1 is 1.24 bits per heavy atom. The normalized spacial score (nSPS) is 19.1. The lowest BCUT2D eigenvalue weighted by Crippen LogP contribution is -2.38. The largest absolute Gasteiger partial charge is 0.322 e. The second kappa shape index (κ2) is 6.06. The molecule has 2 saturated carbocycles. The van der Waals surface area contributed by atoms with E-state index in [2.05, 4.69) is 29.7 Å². The molecule has 1 unspecified atom stereocenters. The average molecular weight is 287 g/mol. The van der Waals surface area contributed by atoms with Crippen LogP contribution in [0.15, 0.2) is 24.3 Å². The maximum atomic E-state index is 12.4. The van der Waals surface area contributed by atoms with Crippen LogP contribution in [-0.4, -0.2) is 30.6 Å². The van der Waals surface area contributed by atoms with Crippen LogP contribution in [0.5, 0.6) is 0 Å². The monoisotopic (exact) mass is 287 g/mol. The molecule has 0 spiro atoms. The maximum Gasteiger partial charge on any atom is 0.322 e. The van der Waals surface area contributed by atoms with Crippen molar-refractivity contribution >= 4 is 11.7 Å². The second-order valence-corrected chi connectivity index (χ2v) is 6.39. The molecule has 0 aromatic heterocycles. The van der Waals surface area contributed by atoms with Crippen LogP contribution in [0.3, 0.4) is 0 Å². The summed E-state index contributed by atoms with van der Waals surface area (Å²) in [5.74, 6) is 0.746. The van der Waals surface area contributed by atoms with Gasteiger partial charge in [-0.2, -0.15) is 0 Å². The third-order valence-electron chi connectivity index (χ3n) is 4.50. The number of hydrogen-bond acceptors (Lipinski definition) is 2. The number of rotatable bonds is 6. The van der Waals surface area contributed by atoms with E-state index >= 15 is 0 Å². The molecule has 3 rings (SSSR count). The Bertz CT molecular complexity index is 491. The molecule has 4 heteroatoms. The molecular formula is C17H25N3O. The highest BCUT2D eigenvalue weighted by molar-refractivity contribution is 5.89. The van der Waals surface area contributed by atoms with Gasteiger partial charge in [0.1, 0.15) is 0 Å². The zero-order chi connectivity index (χ0) is 14.8. The molecule has 0 bridgehead atoms. The summed E-state index contributed by atoms with van der Waals surface area (Å²) in [5, 5.41) is 6.26. The molecule has 1 aromatic carbocycles. The minimum absolute atomic E-state index is 0.0683. The standard InChI is InChI=1S/C17H25N3O/c1-12(18-2)14-5-7-15(8-6-14)19-17(21)20(16-9-10-16)11-13-3-4-13/h5-8,12-13,16,18H,3-4,9-11H2,1-2H3,(H,19,21). The lowest BCUT2D eigenvalue weighted by molar-refractivity contribution is 0.206. The van der Waals surface area contributed by atoms with Gasteiger partial charge in [0.2, 0.25) is 0 Å². The molecular weight excluding hydrogens is 262 g/mol. The van der Waals surface area contributed by atoms with Crippen LogP contribution in [0.25, 0.3) is 0 Å². The molecule has 2 aliphatic carbocycles. The number of nitrogens with zero attached hydrogens (tertiary/aromatic N) is 1. The highest BCUT2D eigenvalue weighted by atomic mass is 16.2. The van der Waals surface area contributed by atoms with Crippen molar-refractivity contribution in [2.75, 3.05) is 18.9 Å². The van der Waals surface area contributed by atoms with Crippen molar-refractivity contribution in [2.45, 2.75) is 44.7 Å². The Kier molecular flexibility index (Phi) is 4.15. The van der Waals surface area contributed by atoms with Crippen molar-refractivity contribution in [2.24, 2.45) is 5.92 Å². The van der Waals surface area contributed by atoms with Gasteiger partial charge in [-0.25, -0.2) is 4.79 Å². The zero-order valence-corrected chi connectivity index (χ0v) is 12.9. The molecule has 0 radical (unpaired) electrons. The van der Waals surface area contributed by atoms with E-state index in [9.17, 15) is 4.79 Å². The summed E-state index contributed by atoms with van der Waals surface area (Å²) in [6.45, 7) is 3.06. The predicted molar refractivity (Wildman–Crippen MR) is 85.4 cm³/mol. The first-order valence-corrected chi connectivity index (χ1v) is 8.02. The molecule has 2 N–H and O–H groups in total. The molecule has 2 aliphatic rings. The first kappa shape index (κ1) is 14.4. The molecule has 0 heterocycles. The second-order valence-electron chi connectivity index (χ2n) is 6.39. The van der Waals surface area contributed by atoms with E-state index < -0.39 is 0 Å². The van der Waals surface area contributed by atoms with Crippen molar-refractivity contribution in [1.82, 2.24) is 10.2 Å². The van der Waals surface area contributed by atoms with E-state index in [0.717, 1.165) is 18.2 Å². The van der Waals surface area contributed by atoms with Crippen LogP contribution in [0.4, 0.5) is 10.5 Å². The van der Waals surface area contributed by atoms with Gasteiger partial charge in [0.05, 0.1) is 0 Å². The third-order valence-corrected chi connectivity index (χ3v) is 4.50. The molecule has 1 aromatic rings. The van der Waals surface area contributed by atoms with Gasteiger partial charge < -0.3 is 15.5 Å². The predicted octanol–water partition coefficient (Wildman–Crippen LogP) is 3.37. The fourth-order valence-electron chi connectivity index (χ4n) is 2.58. The maximum absolute atomic E-state index is 12.4. The Morgan fingerprint density at radius 2 is 1.90 bits per heavy atom. The van der Waals surface area contributed by atoms with Gasteiger partial charge in [0.15, 0.2) is 0 Å². The van der Waals surface area contributed by atoms with Crippen LogP contribution in [-0.2, 0) is 0 Å². The Balaban J connectivity index is 1.60. The first-order chi connectivity index (χ1) is 10.2. The van der Waals surface area contributed by atoms with Crippen molar-refractivity contribution in [3.63, 3.8) is 0 Å². The van der Waals surface area contributed by atoms with Crippen LogP contribution >= 0.6 is 0 Å². The fourth-order valence-corrected chi connectivity index (χ4v) is 2.58. The van der Waals surface area contributed by atoms with Crippen molar-refractivity contribution in [1.29, 1.82) is 0 Å². The minimum atomic E-state index is 0.0683. The fraction of sp³-hybridized carbons (Fsp3) is 0.588. The molecule has 0 aliphatic heterocycles. The number of anilines is 1. The van der Waals surface area contributed by atoms with Gasteiger partial charge in [-0.15, -0.1) is 0 Å². The number of benzene rings is 1. The van der Waals surface area contributed by atoms with Crippen molar-refractivity contribution in [3.8, 4) is 0 Å². The van der Waals surface area contributed by atoms with E-state index in [1.165, 1.54) is 31.2 Å². The highest BCUT2D eigenvalue weighted by Crippen LogP contribution is 2.35. The Labute approximate surface area is 126 Å². The van der Waals surface area contributed by atoms with Crippen LogP contribution in [0.1, 0.15) is 44.2 Å². The number of nitrogens with one attached hydrogen (secondary N) is 2. The zero-order valence-electron chi connectivity index (χ0n) is 12.9. The number of carbonyl (C=O) groups is 1. The van der Waals surface area contributed by atoms with Gasteiger partial charge in [-0.1, -0.05) is 12.1 Å². The number of carbonyl (C=O) groups excluding carboxylic acids is 1. The number of urea groups is 1. The summed E-state index contributed by atoms with van der Waals surface area (Å²) in [4.78, 5) is 14.5. The topological polar surface area (TPSA) is 44.4 Å². The van der Waals surface area contributed by atoms with Crippen LogP contribution in [0.2, 0.25) is 0 Å². The summed E-state index contributed by atoms with van der Waals surface area (Å²) >= 11 is 0. The number of amides is 2. The van der Waals surface area contributed by atoms with Gasteiger partial charge in [-0.3, -0.25) is 0 Å². The van der Waals surface area contributed by atoms with Crippen molar-refractivity contribution in [3.05, 3.63) is 29.8 Å². The van der Waals surface area contributed by atoms with E-state index in [1.54, 1.807) is 0 Å². The van der Waals surface area contributed by atoms with E-state index in [0.29, 0.717) is 12.1 Å². The van der Waals surface area contributed by atoms with E-state index in [4.69, 9.17) is 0 Å². The lowest BCUT2D eigenvalue weighted by Gasteiger charge is -2.23. The average Bonchev–Trinajstić information content (AvgIpc) is 3.38. The summed E-state index contributed by atoms with van der Waals surface area (Å²) in [7, 11) is 1.95. The summed E-state index contributed by atoms with van der Waals surface area (Å²) in [6.07, 6.45) is 4.90. The summed E-state index contributed by atoms with van der Waals surface area (Å²) in [6, 6.07) is 8.99. The molecule has 2 fully saturated rings. The summed E-state index contributed by atoms with van der Waals surface area (Å²) < 4.78 is 0. The molecule has 21 heavy (non-hydrogen) atoms. The Hall–Kier alpha value is -1.55. The van der Waals surface area contributed by atoms with Crippen LogP contribution in [0, 0.1) is 5.92 Å². The van der Waals surface area contributed by atoms with E-state index in [1.807, 2.05) is 24.1 Å². The first-order valence-electron chi connectivity index (χ1n) is 8.02. The molecule has 0 saturated heterocycles.